The molecule has 1 aromatic heterocycles. The first kappa shape index (κ1) is 13.0. The normalized spacial score (nSPS) is 18.2. The van der Waals surface area contributed by atoms with Crippen molar-refractivity contribution in [1.29, 1.82) is 0 Å². The molecule has 1 fully saturated rings. The molecule has 2 aromatic rings. The van der Waals surface area contributed by atoms with Gasteiger partial charge >= 0.3 is 0 Å². The van der Waals surface area contributed by atoms with Crippen molar-refractivity contribution in [2.45, 2.75) is 25.4 Å². The number of hydrogen-bond donors (Lipinski definition) is 1. The van der Waals surface area contributed by atoms with E-state index in [4.69, 9.17) is 16.0 Å². The molecule has 102 valence electrons. The van der Waals surface area contributed by atoms with E-state index < -0.39 is 0 Å². The Morgan fingerprint density at radius 3 is 2.84 bits per heavy atom. The Hall–Kier alpha value is -1.03. The predicted molar refractivity (Wildman–Crippen MR) is 78.6 cm³/mol. The van der Waals surface area contributed by atoms with Crippen LogP contribution in [0.3, 0.4) is 0 Å². The SMILES string of the molecule is CN1CCC(NCc2c(Cl)oc3ccccc23)CC1. The van der Waals surface area contributed by atoms with Crippen LogP contribution in [0.1, 0.15) is 18.4 Å². The first-order valence-corrected chi connectivity index (χ1v) is 7.19. The van der Waals surface area contributed by atoms with Gasteiger partial charge in [0.05, 0.1) is 0 Å². The topological polar surface area (TPSA) is 28.4 Å². The highest BCUT2D eigenvalue weighted by molar-refractivity contribution is 6.30. The summed E-state index contributed by atoms with van der Waals surface area (Å²) in [7, 11) is 2.18. The summed E-state index contributed by atoms with van der Waals surface area (Å²) in [5.74, 6) is 0. The van der Waals surface area contributed by atoms with E-state index in [1.54, 1.807) is 0 Å². The van der Waals surface area contributed by atoms with E-state index >= 15 is 0 Å². The van der Waals surface area contributed by atoms with Crippen LogP contribution >= 0.6 is 11.6 Å². The smallest absolute Gasteiger partial charge is 0.199 e. The van der Waals surface area contributed by atoms with Crippen LogP contribution in [0, 0.1) is 0 Å². The van der Waals surface area contributed by atoms with Crippen LogP contribution in [0.2, 0.25) is 5.22 Å². The lowest BCUT2D eigenvalue weighted by molar-refractivity contribution is 0.234. The van der Waals surface area contributed by atoms with Crippen molar-refractivity contribution in [3.63, 3.8) is 0 Å². The number of rotatable bonds is 3. The van der Waals surface area contributed by atoms with Crippen molar-refractivity contribution in [3.05, 3.63) is 35.0 Å². The van der Waals surface area contributed by atoms with Gasteiger partial charge in [0.25, 0.3) is 0 Å². The van der Waals surface area contributed by atoms with Gasteiger partial charge in [0.2, 0.25) is 0 Å². The van der Waals surface area contributed by atoms with E-state index in [1.165, 1.54) is 12.8 Å². The number of piperidine rings is 1. The molecule has 1 aromatic carbocycles. The van der Waals surface area contributed by atoms with E-state index in [0.29, 0.717) is 11.3 Å². The van der Waals surface area contributed by atoms with Crippen LogP contribution in [0.5, 0.6) is 0 Å². The van der Waals surface area contributed by atoms with E-state index in [1.807, 2.05) is 18.2 Å². The molecular formula is C15H19ClN2O. The molecular weight excluding hydrogens is 260 g/mol. The molecule has 4 heteroatoms. The number of benzene rings is 1. The van der Waals surface area contributed by atoms with Crippen molar-refractivity contribution < 1.29 is 4.42 Å². The van der Waals surface area contributed by atoms with E-state index in [0.717, 1.165) is 36.2 Å². The molecule has 1 N–H and O–H groups in total. The zero-order valence-electron chi connectivity index (χ0n) is 11.2. The van der Waals surface area contributed by atoms with E-state index in [9.17, 15) is 0 Å². The Labute approximate surface area is 118 Å². The molecule has 0 bridgehead atoms. The number of halogens is 1. The summed E-state index contributed by atoms with van der Waals surface area (Å²) in [5, 5.41) is 5.24. The molecule has 0 unspecified atom stereocenters. The van der Waals surface area contributed by atoms with Gasteiger partial charge in [-0.15, -0.1) is 0 Å². The molecule has 2 heterocycles. The van der Waals surface area contributed by atoms with E-state index in [-0.39, 0.29) is 0 Å². The van der Waals surface area contributed by atoms with Gasteiger partial charge in [-0.05, 0) is 50.6 Å². The van der Waals surface area contributed by atoms with Gasteiger partial charge in [0.15, 0.2) is 5.22 Å². The Kier molecular flexibility index (Phi) is 3.78. The fourth-order valence-electron chi connectivity index (χ4n) is 2.69. The number of fused-ring (bicyclic) bond motifs is 1. The van der Waals surface area contributed by atoms with Crippen LogP contribution in [-0.4, -0.2) is 31.1 Å². The number of para-hydroxylation sites is 1. The Bertz CT molecular complexity index is 558. The summed E-state index contributed by atoms with van der Waals surface area (Å²) in [4.78, 5) is 2.37. The molecule has 1 saturated heterocycles. The quantitative estimate of drug-likeness (QED) is 0.934. The van der Waals surface area contributed by atoms with Crippen molar-refractivity contribution in [2.24, 2.45) is 0 Å². The van der Waals surface area contributed by atoms with Crippen molar-refractivity contribution in [3.8, 4) is 0 Å². The molecule has 3 rings (SSSR count). The fourth-order valence-corrected chi connectivity index (χ4v) is 2.94. The standard InChI is InChI=1S/C15H19ClN2O/c1-18-8-6-11(7-9-18)17-10-13-12-4-2-3-5-14(12)19-15(13)16/h2-5,11,17H,6-10H2,1H3. The second kappa shape index (κ2) is 5.53. The summed E-state index contributed by atoms with van der Waals surface area (Å²) < 4.78 is 5.57. The molecule has 1 aliphatic heterocycles. The summed E-state index contributed by atoms with van der Waals surface area (Å²) in [6.45, 7) is 3.11. The van der Waals surface area contributed by atoms with Gasteiger partial charge in [-0.2, -0.15) is 0 Å². The average molecular weight is 279 g/mol. The molecule has 0 amide bonds. The minimum absolute atomic E-state index is 0.515. The maximum atomic E-state index is 6.19. The number of nitrogens with one attached hydrogen (secondary N) is 1. The molecule has 0 atom stereocenters. The third-order valence-corrected chi connectivity index (χ3v) is 4.24. The molecule has 0 spiro atoms. The second-order valence-electron chi connectivity index (χ2n) is 5.31. The second-order valence-corrected chi connectivity index (χ2v) is 5.65. The highest BCUT2D eigenvalue weighted by Crippen LogP contribution is 2.29. The van der Waals surface area contributed by atoms with Crippen LogP contribution in [0.15, 0.2) is 28.7 Å². The number of hydrogen-bond acceptors (Lipinski definition) is 3. The van der Waals surface area contributed by atoms with Gasteiger partial charge < -0.3 is 14.6 Å². The number of nitrogens with zero attached hydrogens (tertiary/aromatic N) is 1. The van der Waals surface area contributed by atoms with Crippen molar-refractivity contribution >= 4 is 22.6 Å². The number of likely N-dealkylation sites (tertiary alicyclic amines) is 1. The summed E-state index contributed by atoms with van der Waals surface area (Å²) in [6.07, 6.45) is 2.40. The fraction of sp³-hybridized carbons (Fsp3) is 0.467. The first-order valence-electron chi connectivity index (χ1n) is 6.82. The van der Waals surface area contributed by atoms with E-state index in [2.05, 4.69) is 23.3 Å². The Morgan fingerprint density at radius 1 is 1.32 bits per heavy atom. The van der Waals surface area contributed by atoms with Gasteiger partial charge in [0.1, 0.15) is 5.58 Å². The molecule has 0 saturated carbocycles. The van der Waals surface area contributed by atoms with Gasteiger partial charge in [-0.3, -0.25) is 0 Å². The van der Waals surface area contributed by atoms with Gasteiger partial charge in [-0.25, -0.2) is 0 Å². The van der Waals surface area contributed by atoms with Crippen molar-refractivity contribution in [1.82, 2.24) is 10.2 Å². The Balaban J connectivity index is 1.70. The van der Waals surface area contributed by atoms with Crippen molar-refractivity contribution in [2.75, 3.05) is 20.1 Å². The molecule has 0 radical (unpaired) electrons. The summed E-state index contributed by atoms with van der Waals surface area (Å²) >= 11 is 6.19. The highest BCUT2D eigenvalue weighted by Gasteiger charge is 2.18. The lowest BCUT2D eigenvalue weighted by Crippen LogP contribution is -2.40. The average Bonchev–Trinajstić information content (AvgIpc) is 2.74. The third kappa shape index (κ3) is 2.78. The minimum atomic E-state index is 0.515. The molecule has 3 nitrogen and oxygen atoms in total. The number of furan rings is 1. The van der Waals surface area contributed by atoms with Crippen LogP contribution in [-0.2, 0) is 6.54 Å². The third-order valence-electron chi connectivity index (χ3n) is 3.94. The largest absolute Gasteiger partial charge is 0.444 e. The monoisotopic (exact) mass is 278 g/mol. The molecule has 0 aliphatic carbocycles. The lowest BCUT2D eigenvalue weighted by Gasteiger charge is -2.29. The van der Waals surface area contributed by atoms with Gasteiger partial charge in [-0.1, -0.05) is 18.2 Å². The van der Waals surface area contributed by atoms with Crippen LogP contribution < -0.4 is 5.32 Å². The highest BCUT2D eigenvalue weighted by atomic mass is 35.5. The van der Waals surface area contributed by atoms with Gasteiger partial charge in [0, 0.05) is 23.5 Å². The zero-order valence-corrected chi connectivity index (χ0v) is 11.9. The molecule has 19 heavy (non-hydrogen) atoms. The molecule has 1 aliphatic rings. The minimum Gasteiger partial charge on any atom is -0.444 e. The maximum absolute atomic E-state index is 6.19. The van der Waals surface area contributed by atoms with Crippen LogP contribution in [0.4, 0.5) is 0 Å². The first-order chi connectivity index (χ1) is 9.24. The lowest BCUT2D eigenvalue weighted by atomic mass is 10.1. The predicted octanol–water partition coefficient (Wildman–Crippen LogP) is 3.27. The maximum Gasteiger partial charge on any atom is 0.199 e. The Morgan fingerprint density at radius 2 is 2.05 bits per heavy atom. The zero-order chi connectivity index (χ0) is 13.2. The van der Waals surface area contributed by atoms with Crippen LogP contribution in [0.25, 0.3) is 11.0 Å². The summed E-state index contributed by atoms with van der Waals surface area (Å²) in [5.41, 5.74) is 1.95. The summed E-state index contributed by atoms with van der Waals surface area (Å²) in [6, 6.07) is 8.60.